The molecule has 1 aromatic heterocycles. The van der Waals surface area contributed by atoms with Gasteiger partial charge in [0.15, 0.2) is 0 Å². The van der Waals surface area contributed by atoms with Crippen molar-refractivity contribution in [3.05, 3.63) is 57.5 Å². The van der Waals surface area contributed by atoms with Gasteiger partial charge in [0, 0.05) is 6.07 Å². The van der Waals surface area contributed by atoms with E-state index in [1.807, 2.05) is 0 Å². The molecule has 0 aliphatic heterocycles. The number of nitrogens with zero attached hydrogens (tertiary/aromatic N) is 2. The molecule has 0 saturated heterocycles. The molecule has 1 N–H and O–H groups in total. The van der Waals surface area contributed by atoms with E-state index < -0.39 is 33.7 Å². The Labute approximate surface area is 110 Å². The molecule has 0 radical (unpaired) electrons. The van der Waals surface area contributed by atoms with Gasteiger partial charge in [-0.2, -0.15) is 4.39 Å². The van der Waals surface area contributed by atoms with Crippen LogP contribution in [0.4, 0.5) is 14.5 Å². The number of hydrogen-bond donors (Lipinski definition) is 1. The van der Waals surface area contributed by atoms with E-state index in [1.165, 1.54) is 12.3 Å². The summed E-state index contributed by atoms with van der Waals surface area (Å²) in [5.41, 5.74) is -1.48. The Hall–Kier alpha value is -2.84. The average Bonchev–Trinajstić information content (AvgIpc) is 2.91. The van der Waals surface area contributed by atoms with Crippen LogP contribution < -0.4 is 5.32 Å². The minimum atomic E-state index is -1.39. The number of nitro groups is 1. The van der Waals surface area contributed by atoms with Crippen LogP contribution in [0.15, 0.2) is 29.0 Å². The van der Waals surface area contributed by atoms with Crippen molar-refractivity contribution in [1.29, 1.82) is 0 Å². The zero-order valence-corrected chi connectivity index (χ0v) is 9.80. The summed E-state index contributed by atoms with van der Waals surface area (Å²) in [6.07, 6.45) is 1.27. The fourth-order valence-corrected chi connectivity index (χ4v) is 1.47. The fourth-order valence-electron chi connectivity index (χ4n) is 1.47. The van der Waals surface area contributed by atoms with Crippen LogP contribution >= 0.6 is 0 Å². The van der Waals surface area contributed by atoms with Crippen molar-refractivity contribution in [1.82, 2.24) is 10.5 Å². The second kappa shape index (κ2) is 5.43. The number of amides is 1. The lowest BCUT2D eigenvalue weighted by Crippen LogP contribution is -2.24. The van der Waals surface area contributed by atoms with Crippen LogP contribution in [0, 0.1) is 21.7 Å². The van der Waals surface area contributed by atoms with Crippen molar-refractivity contribution >= 4 is 11.6 Å². The van der Waals surface area contributed by atoms with Crippen LogP contribution in [0.2, 0.25) is 0 Å². The third-order valence-electron chi connectivity index (χ3n) is 2.38. The van der Waals surface area contributed by atoms with Gasteiger partial charge in [0.05, 0.1) is 23.1 Å². The first-order chi connectivity index (χ1) is 9.49. The van der Waals surface area contributed by atoms with E-state index in [4.69, 9.17) is 0 Å². The van der Waals surface area contributed by atoms with Crippen molar-refractivity contribution in [2.24, 2.45) is 0 Å². The molecule has 2 aromatic rings. The Morgan fingerprint density at radius 2 is 2.20 bits per heavy atom. The first-order valence-electron chi connectivity index (χ1n) is 5.30. The minimum Gasteiger partial charge on any atom is -0.364 e. The highest BCUT2D eigenvalue weighted by Crippen LogP contribution is 2.22. The number of halogens is 2. The molecule has 0 atom stereocenters. The third kappa shape index (κ3) is 2.76. The molecule has 0 spiro atoms. The zero-order valence-electron chi connectivity index (χ0n) is 9.80. The van der Waals surface area contributed by atoms with Gasteiger partial charge in [0.25, 0.3) is 5.91 Å². The Morgan fingerprint density at radius 3 is 2.80 bits per heavy atom. The molecule has 1 aromatic carbocycles. The Morgan fingerprint density at radius 1 is 1.45 bits per heavy atom. The molecular weight excluding hydrogens is 276 g/mol. The molecular formula is C11H7F2N3O4. The Kier molecular flexibility index (Phi) is 3.69. The molecule has 0 fully saturated rings. The normalized spacial score (nSPS) is 10.3. The predicted octanol–water partition coefficient (Wildman–Crippen LogP) is 1.79. The van der Waals surface area contributed by atoms with Crippen molar-refractivity contribution in [3.63, 3.8) is 0 Å². The maximum Gasteiger partial charge on any atom is 0.308 e. The van der Waals surface area contributed by atoms with Gasteiger partial charge in [-0.05, 0) is 6.07 Å². The van der Waals surface area contributed by atoms with E-state index in [2.05, 4.69) is 15.0 Å². The molecule has 104 valence electrons. The quantitative estimate of drug-likeness (QED) is 0.681. The number of hydrogen-bond acceptors (Lipinski definition) is 5. The summed E-state index contributed by atoms with van der Waals surface area (Å²) in [6, 6.07) is 2.45. The highest BCUT2D eigenvalue weighted by molar-refractivity contribution is 5.95. The van der Waals surface area contributed by atoms with Gasteiger partial charge in [-0.3, -0.25) is 14.9 Å². The van der Waals surface area contributed by atoms with Crippen LogP contribution in [0.25, 0.3) is 0 Å². The molecule has 0 unspecified atom stereocenters. The number of aromatic nitrogens is 1. The lowest BCUT2D eigenvalue weighted by atomic mass is 10.1. The van der Waals surface area contributed by atoms with E-state index in [-0.39, 0.29) is 6.54 Å². The van der Waals surface area contributed by atoms with E-state index in [1.54, 1.807) is 0 Å². The molecule has 1 amide bonds. The summed E-state index contributed by atoms with van der Waals surface area (Å²) in [6.45, 7) is -0.0842. The van der Waals surface area contributed by atoms with Gasteiger partial charge in [-0.1, -0.05) is 5.16 Å². The number of benzene rings is 1. The predicted molar refractivity (Wildman–Crippen MR) is 60.7 cm³/mol. The molecule has 0 bridgehead atoms. The topological polar surface area (TPSA) is 98.3 Å². The summed E-state index contributed by atoms with van der Waals surface area (Å²) < 4.78 is 31.4. The van der Waals surface area contributed by atoms with Crippen molar-refractivity contribution in [2.75, 3.05) is 0 Å². The summed E-state index contributed by atoms with van der Waals surface area (Å²) in [5, 5.41) is 16.3. The average molecular weight is 283 g/mol. The maximum atomic E-state index is 13.7. The van der Waals surface area contributed by atoms with Crippen LogP contribution in [-0.2, 0) is 6.54 Å². The van der Waals surface area contributed by atoms with E-state index in [0.29, 0.717) is 17.8 Å². The molecule has 0 saturated carbocycles. The fraction of sp³-hybridized carbons (Fsp3) is 0.0909. The number of nitrogens with one attached hydrogen (secondary N) is 1. The lowest BCUT2D eigenvalue weighted by molar-refractivity contribution is -0.387. The van der Waals surface area contributed by atoms with E-state index >= 15 is 0 Å². The smallest absolute Gasteiger partial charge is 0.308 e. The molecule has 7 nitrogen and oxygen atoms in total. The van der Waals surface area contributed by atoms with Crippen LogP contribution in [0.5, 0.6) is 0 Å². The second-order valence-corrected chi connectivity index (χ2v) is 3.72. The summed E-state index contributed by atoms with van der Waals surface area (Å²) in [7, 11) is 0. The molecule has 1 heterocycles. The first-order valence-corrected chi connectivity index (χ1v) is 5.30. The molecule has 20 heavy (non-hydrogen) atoms. The van der Waals surface area contributed by atoms with Gasteiger partial charge < -0.3 is 9.84 Å². The van der Waals surface area contributed by atoms with Gasteiger partial charge in [0.2, 0.25) is 5.82 Å². The Balaban J connectivity index is 2.23. The number of carbonyl (C=O) groups is 1. The van der Waals surface area contributed by atoms with Gasteiger partial charge in [0.1, 0.15) is 17.8 Å². The highest BCUT2D eigenvalue weighted by atomic mass is 19.1. The van der Waals surface area contributed by atoms with Crippen molar-refractivity contribution in [3.8, 4) is 0 Å². The molecule has 0 aliphatic carbocycles. The van der Waals surface area contributed by atoms with Gasteiger partial charge in [-0.25, -0.2) is 4.39 Å². The molecule has 2 rings (SSSR count). The number of carbonyl (C=O) groups excluding carboxylic acids is 1. The first kappa shape index (κ1) is 13.6. The number of nitro benzene ring substituents is 1. The largest absolute Gasteiger partial charge is 0.364 e. The van der Waals surface area contributed by atoms with E-state index in [0.717, 1.165) is 0 Å². The highest BCUT2D eigenvalue weighted by Gasteiger charge is 2.24. The standard InChI is InChI=1S/C11H7F2N3O4/c12-6-3-8(10(13)9(4-6)16(18)19)11(17)14-5-7-1-2-20-15-7/h1-4H,5H2,(H,14,17). The lowest BCUT2D eigenvalue weighted by Gasteiger charge is -2.05. The number of rotatable bonds is 4. The zero-order chi connectivity index (χ0) is 14.7. The summed E-state index contributed by atoms with van der Waals surface area (Å²) in [4.78, 5) is 21.1. The molecule has 0 aliphatic rings. The van der Waals surface area contributed by atoms with Gasteiger partial charge >= 0.3 is 5.69 Å². The third-order valence-corrected chi connectivity index (χ3v) is 2.38. The van der Waals surface area contributed by atoms with E-state index in [9.17, 15) is 23.7 Å². The van der Waals surface area contributed by atoms with Gasteiger partial charge in [-0.15, -0.1) is 0 Å². The Bertz CT molecular complexity index is 658. The van der Waals surface area contributed by atoms with Crippen molar-refractivity contribution in [2.45, 2.75) is 6.54 Å². The summed E-state index contributed by atoms with van der Waals surface area (Å²) in [5.74, 6) is -3.47. The SMILES string of the molecule is O=C(NCc1ccon1)c1cc(F)cc([N+](=O)[O-])c1F. The minimum absolute atomic E-state index is 0.0842. The van der Waals surface area contributed by atoms with Crippen LogP contribution in [0.1, 0.15) is 16.1 Å². The van der Waals surface area contributed by atoms with Crippen LogP contribution in [-0.4, -0.2) is 16.0 Å². The monoisotopic (exact) mass is 283 g/mol. The molecule has 9 heteroatoms. The maximum absolute atomic E-state index is 13.7. The summed E-state index contributed by atoms with van der Waals surface area (Å²) >= 11 is 0. The second-order valence-electron chi connectivity index (χ2n) is 3.72. The van der Waals surface area contributed by atoms with Crippen LogP contribution in [0.3, 0.4) is 0 Å². The van der Waals surface area contributed by atoms with Crippen molar-refractivity contribution < 1.29 is 23.0 Å².